The van der Waals surface area contributed by atoms with Crippen molar-refractivity contribution in [1.29, 1.82) is 0 Å². The van der Waals surface area contributed by atoms with Crippen LogP contribution in [0, 0.1) is 0 Å². The van der Waals surface area contributed by atoms with Crippen molar-refractivity contribution < 1.29 is 18.9 Å². The molecule has 0 amide bonds. The lowest BCUT2D eigenvalue weighted by atomic mass is 10.2. The Labute approximate surface area is 128 Å². The van der Waals surface area contributed by atoms with Gasteiger partial charge in [-0.05, 0) is 12.1 Å². The number of rotatable bonds is 11. The van der Waals surface area contributed by atoms with E-state index in [0.29, 0.717) is 46.2 Å². The predicted octanol–water partition coefficient (Wildman–Crippen LogP) is 2.23. The fourth-order valence-corrected chi connectivity index (χ4v) is 1.84. The van der Waals surface area contributed by atoms with E-state index in [9.17, 15) is 0 Å². The Bertz CT molecular complexity index is 376. The van der Waals surface area contributed by atoms with Gasteiger partial charge in [0.1, 0.15) is 0 Å². The first-order valence-electron chi connectivity index (χ1n) is 6.50. The van der Waals surface area contributed by atoms with Crippen molar-refractivity contribution in [2.75, 3.05) is 52.5 Å². The summed E-state index contributed by atoms with van der Waals surface area (Å²) in [6.07, 6.45) is 0. The van der Waals surface area contributed by atoms with Gasteiger partial charge in [-0.25, -0.2) is 0 Å². The van der Waals surface area contributed by atoms with Gasteiger partial charge >= 0.3 is 0 Å². The number of ether oxygens (including phenoxy) is 4. The average Bonchev–Trinajstić information content (AvgIpc) is 2.43. The second-order valence-electron chi connectivity index (χ2n) is 4.11. The van der Waals surface area contributed by atoms with Gasteiger partial charge in [-0.1, -0.05) is 22.0 Å². The lowest BCUT2D eigenvalue weighted by Gasteiger charge is -2.08. The van der Waals surface area contributed by atoms with Gasteiger partial charge in [0.05, 0.1) is 46.2 Å². The molecule has 0 aliphatic heterocycles. The fourth-order valence-electron chi connectivity index (χ4n) is 1.46. The molecule has 0 saturated heterocycles. The van der Waals surface area contributed by atoms with Crippen molar-refractivity contribution in [1.82, 2.24) is 0 Å². The lowest BCUT2D eigenvalue weighted by molar-refractivity contribution is 0.000936. The molecule has 0 saturated carbocycles. The Kier molecular flexibility index (Phi) is 9.61. The summed E-state index contributed by atoms with van der Waals surface area (Å²) in [6, 6.07) is 5.76. The molecule has 2 N–H and O–H groups in total. The molecular formula is C14H22BrNO4. The van der Waals surface area contributed by atoms with E-state index in [4.69, 9.17) is 24.7 Å². The molecule has 0 aliphatic carbocycles. The molecule has 0 atom stereocenters. The minimum Gasteiger partial charge on any atom is -0.398 e. The molecule has 5 nitrogen and oxygen atoms in total. The normalized spacial score (nSPS) is 10.9. The molecule has 0 fully saturated rings. The first-order valence-corrected chi connectivity index (χ1v) is 7.29. The molecule has 0 unspecified atom stereocenters. The van der Waals surface area contributed by atoms with E-state index in [-0.39, 0.29) is 0 Å². The topological polar surface area (TPSA) is 62.9 Å². The molecule has 0 heterocycles. The smallest absolute Gasteiger partial charge is 0.0738 e. The van der Waals surface area contributed by atoms with Crippen LogP contribution in [0.1, 0.15) is 5.56 Å². The Morgan fingerprint density at radius 3 is 2.15 bits per heavy atom. The van der Waals surface area contributed by atoms with Crippen molar-refractivity contribution in [2.24, 2.45) is 0 Å². The summed E-state index contributed by atoms with van der Waals surface area (Å²) in [6.45, 7) is 3.91. The fraction of sp³-hybridized carbons (Fsp3) is 0.571. The zero-order chi connectivity index (χ0) is 14.6. The van der Waals surface area contributed by atoms with E-state index >= 15 is 0 Å². The second-order valence-corrected chi connectivity index (χ2v) is 5.03. The van der Waals surface area contributed by atoms with Crippen LogP contribution in [-0.2, 0) is 25.6 Å². The standard InChI is InChI=1S/C14H22BrNO4/c1-17-4-5-18-6-7-19-8-9-20-11-12-2-3-13(15)10-14(12)16/h2-3,10H,4-9,11,16H2,1H3. The Morgan fingerprint density at radius 2 is 1.55 bits per heavy atom. The Hall–Kier alpha value is -0.660. The van der Waals surface area contributed by atoms with Gasteiger partial charge in [0.25, 0.3) is 0 Å². The largest absolute Gasteiger partial charge is 0.398 e. The van der Waals surface area contributed by atoms with E-state index in [0.717, 1.165) is 15.7 Å². The molecule has 1 rings (SSSR count). The molecule has 20 heavy (non-hydrogen) atoms. The van der Waals surface area contributed by atoms with Gasteiger partial charge in [-0.3, -0.25) is 0 Å². The maximum atomic E-state index is 5.87. The summed E-state index contributed by atoms with van der Waals surface area (Å²) in [7, 11) is 1.65. The first kappa shape index (κ1) is 17.4. The molecular weight excluding hydrogens is 326 g/mol. The van der Waals surface area contributed by atoms with E-state index in [1.54, 1.807) is 7.11 Å². The monoisotopic (exact) mass is 347 g/mol. The number of methoxy groups -OCH3 is 1. The van der Waals surface area contributed by atoms with Crippen LogP contribution in [0.2, 0.25) is 0 Å². The van der Waals surface area contributed by atoms with Gasteiger partial charge in [0, 0.05) is 22.8 Å². The summed E-state index contributed by atoms with van der Waals surface area (Å²) < 4.78 is 22.0. The minimum atomic E-state index is 0.493. The van der Waals surface area contributed by atoms with Crippen LogP contribution < -0.4 is 5.73 Å². The number of halogens is 1. The van der Waals surface area contributed by atoms with Crippen LogP contribution in [0.3, 0.4) is 0 Å². The van der Waals surface area contributed by atoms with Crippen LogP contribution in [0.4, 0.5) is 5.69 Å². The van der Waals surface area contributed by atoms with E-state index in [1.165, 1.54) is 0 Å². The molecule has 0 spiro atoms. The van der Waals surface area contributed by atoms with E-state index in [2.05, 4.69) is 15.9 Å². The summed E-state index contributed by atoms with van der Waals surface area (Å²) >= 11 is 3.37. The highest BCUT2D eigenvalue weighted by Crippen LogP contribution is 2.19. The zero-order valence-corrected chi connectivity index (χ0v) is 13.4. The second kappa shape index (κ2) is 11.0. The third-order valence-electron chi connectivity index (χ3n) is 2.54. The SMILES string of the molecule is COCCOCCOCCOCc1ccc(Br)cc1N. The van der Waals surface area contributed by atoms with Crippen LogP contribution in [0.5, 0.6) is 0 Å². The molecule has 0 aromatic heterocycles. The third-order valence-corrected chi connectivity index (χ3v) is 3.03. The van der Waals surface area contributed by atoms with Crippen LogP contribution >= 0.6 is 15.9 Å². The molecule has 0 aliphatic rings. The highest BCUT2D eigenvalue weighted by molar-refractivity contribution is 9.10. The molecule has 0 radical (unpaired) electrons. The van der Waals surface area contributed by atoms with E-state index < -0.39 is 0 Å². The number of anilines is 1. The van der Waals surface area contributed by atoms with Gasteiger partial charge in [-0.15, -0.1) is 0 Å². The predicted molar refractivity (Wildman–Crippen MR) is 81.7 cm³/mol. The number of nitrogen functional groups attached to an aromatic ring is 1. The molecule has 1 aromatic carbocycles. The van der Waals surface area contributed by atoms with Gasteiger partial charge < -0.3 is 24.7 Å². The van der Waals surface area contributed by atoms with E-state index in [1.807, 2.05) is 18.2 Å². The van der Waals surface area contributed by atoms with Crippen molar-refractivity contribution >= 4 is 21.6 Å². The maximum absolute atomic E-state index is 5.87. The third kappa shape index (κ3) is 7.81. The molecule has 6 heteroatoms. The number of benzene rings is 1. The molecule has 0 bridgehead atoms. The highest BCUT2D eigenvalue weighted by Gasteiger charge is 2.00. The Morgan fingerprint density at radius 1 is 0.950 bits per heavy atom. The zero-order valence-electron chi connectivity index (χ0n) is 11.8. The summed E-state index contributed by atoms with van der Waals surface area (Å²) in [5, 5.41) is 0. The number of hydrogen-bond acceptors (Lipinski definition) is 5. The van der Waals surface area contributed by atoms with Crippen molar-refractivity contribution in [2.45, 2.75) is 6.61 Å². The number of hydrogen-bond donors (Lipinski definition) is 1. The maximum Gasteiger partial charge on any atom is 0.0738 e. The molecule has 114 valence electrons. The average molecular weight is 348 g/mol. The highest BCUT2D eigenvalue weighted by atomic mass is 79.9. The van der Waals surface area contributed by atoms with Gasteiger partial charge in [0.2, 0.25) is 0 Å². The van der Waals surface area contributed by atoms with Crippen LogP contribution in [0.25, 0.3) is 0 Å². The number of nitrogens with two attached hydrogens (primary N) is 1. The summed E-state index contributed by atoms with van der Waals surface area (Å²) in [5.74, 6) is 0. The van der Waals surface area contributed by atoms with Crippen molar-refractivity contribution in [3.63, 3.8) is 0 Å². The van der Waals surface area contributed by atoms with Gasteiger partial charge in [0.15, 0.2) is 0 Å². The first-order chi connectivity index (χ1) is 9.74. The van der Waals surface area contributed by atoms with Crippen molar-refractivity contribution in [3.05, 3.63) is 28.2 Å². The molecule has 1 aromatic rings. The summed E-state index contributed by atoms with van der Waals surface area (Å²) in [4.78, 5) is 0. The minimum absolute atomic E-state index is 0.493. The summed E-state index contributed by atoms with van der Waals surface area (Å²) in [5.41, 5.74) is 7.58. The van der Waals surface area contributed by atoms with Crippen molar-refractivity contribution in [3.8, 4) is 0 Å². The lowest BCUT2D eigenvalue weighted by Crippen LogP contribution is -2.11. The van der Waals surface area contributed by atoms with Gasteiger partial charge in [-0.2, -0.15) is 0 Å². The van der Waals surface area contributed by atoms with Crippen LogP contribution in [0.15, 0.2) is 22.7 Å². The Balaban J connectivity index is 1.97. The quantitative estimate of drug-likeness (QED) is 0.491. The van der Waals surface area contributed by atoms with Crippen LogP contribution in [-0.4, -0.2) is 46.8 Å².